The van der Waals surface area contributed by atoms with Gasteiger partial charge in [0, 0.05) is 19.0 Å². The van der Waals surface area contributed by atoms with Gasteiger partial charge in [0.25, 0.3) is 0 Å². The minimum absolute atomic E-state index is 0.0504. The Morgan fingerprint density at radius 1 is 1.38 bits per heavy atom. The van der Waals surface area contributed by atoms with Crippen LogP contribution in [0.25, 0.3) is 0 Å². The summed E-state index contributed by atoms with van der Waals surface area (Å²) in [4.78, 5) is 26.8. The Kier molecular flexibility index (Phi) is 5.35. The normalized spacial score (nSPS) is 18.0. The van der Waals surface area contributed by atoms with Gasteiger partial charge in [-0.1, -0.05) is 24.2 Å². The van der Waals surface area contributed by atoms with E-state index in [4.69, 9.17) is 4.52 Å². The van der Waals surface area contributed by atoms with Crippen LogP contribution in [0.5, 0.6) is 0 Å². The van der Waals surface area contributed by atoms with Crippen molar-refractivity contribution in [3.05, 3.63) is 47.5 Å². The quantitative estimate of drug-likeness (QED) is 0.889. The Morgan fingerprint density at radius 3 is 2.77 bits per heavy atom. The highest BCUT2D eigenvalue weighted by atomic mass is 19.1. The van der Waals surface area contributed by atoms with Crippen molar-refractivity contribution in [1.82, 2.24) is 10.1 Å². The van der Waals surface area contributed by atoms with Gasteiger partial charge >= 0.3 is 0 Å². The third-order valence-electron chi connectivity index (χ3n) is 4.67. The van der Waals surface area contributed by atoms with E-state index in [2.05, 4.69) is 10.5 Å². The van der Waals surface area contributed by atoms with E-state index in [0.29, 0.717) is 24.5 Å². The first-order valence-corrected chi connectivity index (χ1v) is 8.73. The molecule has 2 aromatic rings. The fourth-order valence-corrected chi connectivity index (χ4v) is 3.26. The second kappa shape index (κ2) is 7.68. The molecule has 1 aliphatic rings. The number of aromatic nitrogens is 1. The Bertz CT molecular complexity index is 788. The van der Waals surface area contributed by atoms with Crippen LogP contribution in [0.15, 0.2) is 34.9 Å². The minimum atomic E-state index is -0.500. The lowest BCUT2D eigenvalue weighted by molar-refractivity contribution is -0.136. The molecule has 1 N–H and O–H groups in total. The van der Waals surface area contributed by atoms with Crippen LogP contribution < -0.4 is 5.32 Å². The van der Waals surface area contributed by atoms with Gasteiger partial charge < -0.3 is 14.7 Å². The van der Waals surface area contributed by atoms with Crippen molar-refractivity contribution < 1.29 is 18.5 Å². The summed E-state index contributed by atoms with van der Waals surface area (Å²) in [6.07, 6.45) is 1.68. The molecular weight excluding hydrogens is 337 g/mol. The molecule has 7 heteroatoms. The molecular formula is C19H22FN3O3. The van der Waals surface area contributed by atoms with Crippen LogP contribution in [0.4, 0.5) is 10.2 Å². The number of carbonyl (C=O) groups is 2. The Hall–Kier alpha value is -2.70. The highest BCUT2D eigenvalue weighted by molar-refractivity contribution is 5.97. The van der Waals surface area contributed by atoms with Gasteiger partial charge in [0.15, 0.2) is 5.82 Å². The average molecular weight is 359 g/mol. The molecule has 1 unspecified atom stereocenters. The number of halogens is 1. The molecule has 2 amide bonds. The molecule has 0 spiro atoms. The number of amides is 2. The van der Waals surface area contributed by atoms with Crippen LogP contribution in [0.3, 0.4) is 0 Å². The molecule has 1 aliphatic heterocycles. The van der Waals surface area contributed by atoms with Gasteiger partial charge in [-0.25, -0.2) is 4.39 Å². The summed E-state index contributed by atoms with van der Waals surface area (Å²) in [6.45, 7) is 4.23. The van der Waals surface area contributed by atoms with E-state index in [0.717, 1.165) is 12.0 Å². The highest BCUT2D eigenvalue weighted by Gasteiger charge is 2.34. The molecule has 138 valence electrons. The molecule has 0 saturated carbocycles. The summed E-state index contributed by atoms with van der Waals surface area (Å²) < 4.78 is 18.0. The van der Waals surface area contributed by atoms with Gasteiger partial charge in [-0.05, 0) is 43.4 Å². The fourth-order valence-electron chi connectivity index (χ4n) is 3.26. The maximum Gasteiger partial charge on any atom is 0.248 e. The fraction of sp³-hybridized carbons (Fsp3) is 0.421. The number of benzene rings is 1. The summed E-state index contributed by atoms with van der Waals surface area (Å²) in [7, 11) is 0. The third-order valence-corrected chi connectivity index (χ3v) is 4.67. The molecule has 26 heavy (non-hydrogen) atoms. The zero-order valence-electron chi connectivity index (χ0n) is 14.9. The number of rotatable bonds is 5. The molecule has 0 aliphatic carbocycles. The van der Waals surface area contributed by atoms with Crippen molar-refractivity contribution in [2.75, 3.05) is 11.9 Å². The first-order chi connectivity index (χ1) is 12.4. The second-order valence-corrected chi connectivity index (χ2v) is 6.71. The van der Waals surface area contributed by atoms with Gasteiger partial charge in [-0.15, -0.1) is 0 Å². The molecule has 1 aromatic heterocycles. The highest BCUT2D eigenvalue weighted by Crippen LogP contribution is 2.25. The molecule has 1 saturated heterocycles. The van der Waals surface area contributed by atoms with Crippen LogP contribution in [0.1, 0.15) is 43.4 Å². The Morgan fingerprint density at radius 2 is 2.12 bits per heavy atom. The number of likely N-dealkylation sites (tertiary alicyclic amines) is 1. The van der Waals surface area contributed by atoms with Crippen molar-refractivity contribution in [3.63, 3.8) is 0 Å². The summed E-state index contributed by atoms with van der Waals surface area (Å²) in [5.74, 6) is 0.283. The lowest BCUT2D eigenvalue weighted by Crippen LogP contribution is -2.43. The first-order valence-electron chi connectivity index (χ1n) is 8.73. The average Bonchev–Trinajstić information content (AvgIpc) is 3.24. The SMILES string of the molecule is Cc1cc(NC(=O)[C@@H]2CCCN2C(=O)CC(C)c2ccc(F)cc2)no1. The molecule has 2 atom stereocenters. The minimum Gasteiger partial charge on any atom is -0.360 e. The number of anilines is 1. The van der Waals surface area contributed by atoms with E-state index < -0.39 is 6.04 Å². The third kappa shape index (κ3) is 4.09. The molecule has 1 fully saturated rings. The number of nitrogens with one attached hydrogen (secondary N) is 1. The van der Waals surface area contributed by atoms with Crippen LogP contribution in [-0.4, -0.2) is 34.5 Å². The van der Waals surface area contributed by atoms with E-state index >= 15 is 0 Å². The van der Waals surface area contributed by atoms with Crippen LogP contribution >= 0.6 is 0 Å². The summed E-state index contributed by atoms with van der Waals surface area (Å²) >= 11 is 0. The van der Waals surface area contributed by atoms with Crippen molar-refractivity contribution in [1.29, 1.82) is 0 Å². The van der Waals surface area contributed by atoms with Gasteiger partial charge in [0.1, 0.15) is 17.6 Å². The van der Waals surface area contributed by atoms with E-state index in [1.807, 2.05) is 6.92 Å². The van der Waals surface area contributed by atoms with E-state index in [1.54, 1.807) is 30.0 Å². The van der Waals surface area contributed by atoms with Crippen molar-refractivity contribution in [3.8, 4) is 0 Å². The van der Waals surface area contributed by atoms with Crippen LogP contribution in [-0.2, 0) is 9.59 Å². The zero-order valence-corrected chi connectivity index (χ0v) is 14.9. The summed E-state index contributed by atoms with van der Waals surface area (Å²) in [6, 6.07) is 7.29. The van der Waals surface area contributed by atoms with Crippen molar-refractivity contribution in [2.45, 2.75) is 45.1 Å². The Labute approximate surface area is 151 Å². The molecule has 3 rings (SSSR count). The molecule has 2 heterocycles. The van der Waals surface area contributed by atoms with Gasteiger partial charge in [0.05, 0.1) is 0 Å². The number of carbonyl (C=O) groups excluding carboxylic acids is 2. The van der Waals surface area contributed by atoms with Gasteiger partial charge in [-0.2, -0.15) is 0 Å². The number of nitrogens with zero attached hydrogens (tertiary/aromatic N) is 2. The van der Waals surface area contributed by atoms with Crippen molar-refractivity contribution >= 4 is 17.6 Å². The predicted octanol–water partition coefficient (Wildman–Crippen LogP) is 3.25. The predicted molar refractivity (Wildman–Crippen MR) is 94.0 cm³/mol. The van der Waals surface area contributed by atoms with E-state index in [1.165, 1.54) is 12.1 Å². The van der Waals surface area contributed by atoms with Crippen LogP contribution in [0, 0.1) is 12.7 Å². The molecule has 1 aromatic carbocycles. The number of aryl methyl sites for hydroxylation is 1. The zero-order chi connectivity index (χ0) is 18.7. The maximum absolute atomic E-state index is 13.0. The largest absolute Gasteiger partial charge is 0.360 e. The molecule has 0 bridgehead atoms. The van der Waals surface area contributed by atoms with E-state index in [9.17, 15) is 14.0 Å². The number of hydrogen-bond donors (Lipinski definition) is 1. The molecule has 0 radical (unpaired) electrons. The summed E-state index contributed by atoms with van der Waals surface area (Å²) in [5.41, 5.74) is 0.901. The van der Waals surface area contributed by atoms with Gasteiger partial charge in [-0.3, -0.25) is 9.59 Å². The topological polar surface area (TPSA) is 75.4 Å². The molecule has 6 nitrogen and oxygen atoms in total. The maximum atomic E-state index is 13.0. The van der Waals surface area contributed by atoms with E-state index in [-0.39, 0.29) is 30.0 Å². The first kappa shape index (κ1) is 18.1. The standard InChI is InChI=1S/C19H22FN3O3/c1-12(14-5-7-15(20)8-6-14)10-18(24)23-9-3-4-16(23)19(25)21-17-11-13(2)26-22-17/h5-8,11-12,16H,3-4,9-10H2,1-2H3,(H,21,22,25)/t12?,16-/m0/s1. The lowest BCUT2D eigenvalue weighted by atomic mass is 9.97. The summed E-state index contributed by atoms with van der Waals surface area (Å²) in [5, 5.41) is 6.45. The monoisotopic (exact) mass is 359 g/mol. The number of hydrogen-bond acceptors (Lipinski definition) is 4. The van der Waals surface area contributed by atoms with Crippen molar-refractivity contribution in [2.24, 2.45) is 0 Å². The smallest absolute Gasteiger partial charge is 0.248 e. The second-order valence-electron chi connectivity index (χ2n) is 6.71. The van der Waals surface area contributed by atoms with Crippen LogP contribution in [0.2, 0.25) is 0 Å². The Balaban J connectivity index is 1.62. The lowest BCUT2D eigenvalue weighted by Gasteiger charge is -2.25. The van der Waals surface area contributed by atoms with Gasteiger partial charge in [0.2, 0.25) is 11.8 Å².